The number of benzene rings is 1. The number of amides is 1. The van der Waals surface area contributed by atoms with Crippen molar-refractivity contribution in [3.63, 3.8) is 0 Å². The molecule has 0 heterocycles. The Morgan fingerprint density at radius 3 is 2.33 bits per heavy atom. The number of nitrogens with one attached hydrogen (secondary N) is 1. The molecule has 1 fully saturated rings. The highest BCUT2D eigenvalue weighted by molar-refractivity contribution is 5.94. The number of hydrogen-bond donors (Lipinski definition) is 2. The first-order valence-electron chi connectivity index (χ1n) is 6.33. The Hall–Kier alpha value is -1.06. The minimum atomic E-state index is 0. The second-order valence-electron chi connectivity index (χ2n) is 4.87. The molecule has 4 heteroatoms. The molecule has 1 amide bonds. The van der Waals surface area contributed by atoms with Gasteiger partial charge in [-0.15, -0.1) is 12.4 Å². The molecule has 0 spiro atoms. The molecule has 0 aromatic heterocycles. The number of halogens is 1. The summed E-state index contributed by atoms with van der Waals surface area (Å²) in [4.78, 5) is 11.9. The summed E-state index contributed by atoms with van der Waals surface area (Å²) >= 11 is 0. The summed E-state index contributed by atoms with van der Waals surface area (Å²) in [5.41, 5.74) is 7.55. The predicted molar refractivity (Wildman–Crippen MR) is 76.0 cm³/mol. The van der Waals surface area contributed by atoms with Gasteiger partial charge in [-0.3, -0.25) is 4.79 Å². The Kier molecular flexibility index (Phi) is 5.63. The fraction of sp³-hybridized carbons (Fsp3) is 0.500. The summed E-state index contributed by atoms with van der Waals surface area (Å²) in [5.74, 6) is 0.0353. The van der Waals surface area contributed by atoms with Gasteiger partial charge in [0.25, 0.3) is 5.91 Å². The van der Waals surface area contributed by atoms with Gasteiger partial charge in [0.05, 0.1) is 0 Å². The summed E-state index contributed by atoms with van der Waals surface area (Å²) in [6.07, 6.45) is 4.69. The van der Waals surface area contributed by atoms with E-state index in [-0.39, 0.29) is 24.4 Å². The van der Waals surface area contributed by atoms with Gasteiger partial charge in [0, 0.05) is 17.6 Å². The zero-order chi connectivity index (χ0) is 12.3. The highest BCUT2D eigenvalue weighted by Gasteiger charge is 2.17. The first-order chi connectivity index (χ1) is 8.16. The maximum Gasteiger partial charge on any atom is 0.251 e. The summed E-state index contributed by atoms with van der Waals surface area (Å²) < 4.78 is 0. The quantitative estimate of drug-likeness (QED) is 0.886. The number of carbonyl (C=O) groups is 1. The molecule has 0 unspecified atom stereocenters. The molecular formula is C14H21ClN2O. The van der Waals surface area contributed by atoms with Crippen molar-refractivity contribution >= 4 is 18.3 Å². The van der Waals surface area contributed by atoms with Crippen molar-refractivity contribution in [2.45, 2.75) is 44.7 Å². The Balaban J connectivity index is 0.00000162. The van der Waals surface area contributed by atoms with Crippen molar-refractivity contribution < 1.29 is 4.79 Å². The Morgan fingerprint density at radius 1 is 1.28 bits per heavy atom. The maximum absolute atomic E-state index is 11.9. The summed E-state index contributed by atoms with van der Waals surface area (Å²) in [7, 11) is 0. The lowest BCUT2D eigenvalue weighted by Crippen LogP contribution is -2.32. The minimum absolute atomic E-state index is 0. The number of rotatable bonds is 3. The summed E-state index contributed by atoms with van der Waals surface area (Å²) in [5, 5.41) is 3.07. The van der Waals surface area contributed by atoms with Crippen LogP contribution >= 0.6 is 12.4 Å². The molecule has 2 rings (SSSR count). The van der Waals surface area contributed by atoms with Crippen LogP contribution in [-0.2, 0) is 0 Å². The third-order valence-electron chi connectivity index (χ3n) is 3.39. The SMILES string of the molecule is C[C@H](N)c1ccc(C(=O)NC2CCCC2)cc1.Cl. The van der Waals surface area contributed by atoms with E-state index in [0.717, 1.165) is 24.0 Å². The monoisotopic (exact) mass is 268 g/mol. The van der Waals surface area contributed by atoms with Crippen LogP contribution in [0, 0.1) is 0 Å². The van der Waals surface area contributed by atoms with Crippen molar-refractivity contribution in [1.82, 2.24) is 5.32 Å². The average Bonchev–Trinajstić information content (AvgIpc) is 2.82. The second kappa shape index (κ2) is 6.76. The van der Waals surface area contributed by atoms with Crippen LogP contribution in [-0.4, -0.2) is 11.9 Å². The van der Waals surface area contributed by atoms with E-state index < -0.39 is 0 Å². The molecule has 18 heavy (non-hydrogen) atoms. The minimum Gasteiger partial charge on any atom is -0.349 e. The number of hydrogen-bond acceptors (Lipinski definition) is 2. The molecule has 1 aliphatic rings. The van der Waals surface area contributed by atoms with Crippen LogP contribution in [0.25, 0.3) is 0 Å². The molecule has 3 N–H and O–H groups in total. The molecule has 0 radical (unpaired) electrons. The third-order valence-corrected chi connectivity index (χ3v) is 3.39. The van der Waals surface area contributed by atoms with Gasteiger partial charge in [-0.2, -0.15) is 0 Å². The van der Waals surface area contributed by atoms with Crippen LogP contribution in [0.1, 0.15) is 54.6 Å². The fourth-order valence-corrected chi connectivity index (χ4v) is 2.28. The van der Waals surface area contributed by atoms with Gasteiger partial charge >= 0.3 is 0 Å². The predicted octanol–water partition coefficient (Wildman–Crippen LogP) is 2.80. The summed E-state index contributed by atoms with van der Waals surface area (Å²) in [6, 6.07) is 7.94. The van der Waals surface area contributed by atoms with E-state index in [1.54, 1.807) is 0 Å². The number of nitrogens with two attached hydrogens (primary N) is 1. The van der Waals surface area contributed by atoms with Crippen LogP contribution in [0.3, 0.4) is 0 Å². The molecule has 1 saturated carbocycles. The van der Waals surface area contributed by atoms with Crippen LogP contribution in [0.5, 0.6) is 0 Å². The highest BCUT2D eigenvalue weighted by atomic mass is 35.5. The number of carbonyl (C=O) groups excluding carboxylic acids is 1. The van der Waals surface area contributed by atoms with Gasteiger partial charge in [-0.25, -0.2) is 0 Å². The van der Waals surface area contributed by atoms with Crippen LogP contribution in [0.4, 0.5) is 0 Å². The van der Waals surface area contributed by atoms with Crippen molar-refractivity contribution in [2.24, 2.45) is 5.73 Å². The van der Waals surface area contributed by atoms with Crippen LogP contribution in [0.15, 0.2) is 24.3 Å². The van der Waals surface area contributed by atoms with Crippen LogP contribution in [0.2, 0.25) is 0 Å². The van der Waals surface area contributed by atoms with E-state index in [2.05, 4.69) is 5.32 Å². The van der Waals surface area contributed by atoms with Crippen molar-refractivity contribution in [3.8, 4) is 0 Å². The Labute approximate surface area is 115 Å². The van der Waals surface area contributed by atoms with Crippen molar-refractivity contribution in [1.29, 1.82) is 0 Å². The average molecular weight is 269 g/mol. The van der Waals surface area contributed by atoms with Crippen molar-refractivity contribution in [2.75, 3.05) is 0 Å². The molecule has 1 aromatic rings. The van der Waals surface area contributed by atoms with Gasteiger partial charge in [-0.1, -0.05) is 25.0 Å². The van der Waals surface area contributed by atoms with Crippen molar-refractivity contribution in [3.05, 3.63) is 35.4 Å². The third kappa shape index (κ3) is 3.72. The molecule has 0 bridgehead atoms. The largest absolute Gasteiger partial charge is 0.349 e. The smallest absolute Gasteiger partial charge is 0.251 e. The summed E-state index contributed by atoms with van der Waals surface area (Å²) in [6.45, 7) is 1.94. The topological polar surface area (TPSA) is 55.1 Å². The lowest BCUT2D eigenvalue weighted by Gasteiger charge is -2.12. The molecule has 1 aliphatic carbocycles. The molecule has 0 aliphatic heterocycles. The van der Waals surface area contributed by atoms with Crippen LogP contribution < -0.4 is 11.1 Å². The maximum atomic E-state index is 11.9. The molecule has 3 nitrogen and oxygen atoms in total. The first kappa shape index (κ1) is 15.0. The van der Waals surface area contributed by atoms with Gasteiger partial charge in [0.15, 0.2) is 0 Å². The Morgan fingerprint density at radius 2 is 1.83 bits per heavy atom. The lowest BCUT2D eigenvalue weighted by atomic mass is 10.1. The van der Waals surface area contributed by atoms with Gasteiger partial charge in [0.1, 0.15) is 0 Å². The normalized spacial score (nSPS) is 17.0. The standard InChI is InChI=1S/C14H20N2O.ClH/c1-10(15)11-6-8-12(9-7-11)14(17)16-13-4-2-3-5-13;/h6-10,13H,2-5,15H2,1H3,(H,16,17);1H/t10-;/m0./s1. The van der Waals surface area contributed by atoms with E-state index >= 15 is 0 Å². The van der Waals surface area contributed by atoms with E-state index in [0.29, 0.717) is 6.04 Å². The zero-order valence-electron chi connectivity index (χ0n) is 10.7. The zero-order valence-corrected chi connectivity index (χ0v) is 11.5. The first-order valence-corrected chi connectivity index (χ1v) is 6.33. The highest BCUT2D eigenvalue weighted by Crippen LogP contribution is 2.18. The fourth-order valence-electron chi connectivity index (χ4n) is 2.28. The second-order valence-corrected chi connectivity index (χ2v) is 4.87. The van der Waals surface area contributed by atoms with E-state index in [9.17, 15) is 4.79 Å². The Bertz CT molecular complexity index is 383. The van der Waals surface area contributed by atoms with Gasteiger partial charge < -0.3 is 11.1 Å². The molecule has 100 valence electrons. The lowest BCUT2D eigenvalue weighted by molar-refractivity contribution is 0.0938. The van der Waals surface area contributed by atoms with Gasteiger partial charge in [-0.05, 0) is 37.5 Å². The van der Waals surface area contributed by atoms with E-state index in [4.69, 9.17) is 5.73 Å². The molecule has 0 saturated heterocycles. The molecule has 1 aromatic carbocycles. The van der Waals surface area contributed by atoms with E-state index in [1.165, 1.54) is 12.8 Å². The molecule has 1 atom stereocenters. The molecular weight excluding hydrogens is 248 g/mol. The van der Waals surface area contributed by atoms with Gasteiger partial charge in [0.2, 0.25) is 0 Å². The van der Waals surface area contributed by atoms with E-state index in [1.807, 2.05) is 31.2 Å².